The quantitative estimate of drug-likeness (QED) is 0.868. The van der Waals surface area contributed by atoms with E-state index in [0.717, 1.165) is 0 Å². The van der Waals surface area contributed by atoms with Crippen LogP contribution < -0.4 is 4.74 Å². The summed E-state index contributed by atoms with van der Waals surface area (Å²) in [6, 6.07) is 5.24. The van der Waals surface area contributed by atoms with Crippen LogP contribution in [0.3, 0.4) is 0 Å². The third-order valence-electron chi connectivity index (χ3n) is 2.61. The first-order valence-electron chi connectivity index (χ1n) is 5.43. The van der Waals surface area contributed by atoms with Gasteiger partial charge in [-0.3, -0.25) is 4.90 Å². The highest BCUT2D eigenvalue weighted by molar-refractivity contribution is 6.34. The normalized spacial score (nSPS) is 12.8. The van der Waals surface area contributed by atoms with Crippen molar-refractivity contribution in [3.8, 4) is 5.75 Å². The van der Waals surface area contributed by atoms with Crippen molar-refractivity contribution >= 4 is 23.2 Å². The van der Waals surface area contributed by atoms with Crippen LogP contribution in [-0.2, 0) is 0 Å². The van der Waals surface area contributed by atoms with Gasteiger partial charge >= 0.3 is 0 Å². The Morgan fingerprint density at radius 1 is 1.41 bits per heavy atom. The molecule has 0 aromatic heterocycles. The van der Waals surface area contributed by atoms with Crippen LogP contribution in [0.2, 0.25) is 10.0 Å². The number of likely N-dealkylation sites (N-methyl/N-ethyl adjacent to an activating group) is 1. The highest BCUT2D eigenvalue weighted by Gasteiger charge is 2.08. The van der Waals surface area contributed by atoms with Crippen molar-refractivity contribution in [3.63, 3.8) is 0 Å². The third kappa shape index (κ3) is 4.72. The number of hydrogen-bond donors (Lipinski definition) is 1. The summed E-state index contributed by atoms with van der Waals surface area (Å²) >= 11 is 11.8. The number of aliphatic hydroxyl groups is 1. The van der Waals surface area contributed by atoms with Crippen LogP contribution in [-0.4, -0.2) is 42.9 Å². The minimum Gasteiger partial charge on any atom is -0.491 e. The predicted octanol–water partition coefficient (Wildman–Crippen LogP) is 2.68. The SMILES string of the molecule is CC(CO)N(C)CCOc1cc(Cl)ccc1Cl. The van der Waals surface area contributed by atoms with Crippen molar-refractivity contribution < 1.29 is 9.84 Å². The summed E-state index contributed by atoms with van der Waals surface area (Å²) in [4.78, 5) is 2.01. The number of benzene rings is 1. The first kappa shape index (κ1) is 14.6. The zero-order valence-corrected chi connectivity index (χ0v) is 11.5. The van der Waals surface area contributed by atoms with Gasteiger partial charge in [-0.15, -0.1) is 0 Å². The van der Waals surface area contributed by atoms with E-state index in [4.69, 9.17) is 33.0 Å². The van der Waals surface area contributed by atoms with Crippen molar-refractivity contribution in [2.45, 2.75) is 13.0 Å². The van der Waals surface area contributed by atoms with Crippen LogP contribution in [0.25, 0.3) is 0 Å². The molecule has 96 valence electrons. The average molecular weight is 278 g/mol. The fourth-order valence-corrected chi connectivity index (χ4v) is 1.58. The highest BCUT2D eigenvalue weighted by atomic mass is 35.5. The molecule has 0 radical (unpaired) electrons. The minimum absolute atomic E-state index is 0.119. The van der Waals surface area contributed by atoms with Gasteiger partial charge in [0, 0.05) is 23.7 Å². The van der Waals surface area contributed by atoms with Crippen LogP contribution >= 0.6 is 23.2 Å². The van der Waals surface area contributed by atoms with Gasteiger partial charge < -0.3 is 9.84 Å². The zero-order chi connectivity index (χ0) is 12.8. The van der Waals surface area contributed by atoms with Crippen LogP contribution in [0.15, 0.2) is 18.2 Å². The second kappa shape index (κ2) is 7.07. The number of halogens is 2. The van der Waals surface area contributed by atoms with Crippen molar-refractivity contribution in [3.05, 3.63) is 28.2 Å². The molecule has 0 aliphatic heterocycles. The molecule has 1 rings (SSSR count). The molecule has 17 heavy (non-hydrogen) atoms. The lowest BCUT2D eigenvalue weighted by Gasteiger charge is -2.22. The van der Waals surface area contributed by atoms with E-state index >= 15 is 0 Å². The molecule has 0 saturated heterocycles. The van der Waals surface area contributed by atoms with E-state index in [1.165, 1.54) is 0 Å². The van der Waals surface area contributed by atoms with Gasteiger partial charge in [-0.1, -0.05) is 23.2 Å². The number of hydrogen-bond acceptors (Lipinski definition) is 3. The number of nitrogens with zero attached hydrogens (tertiary/aromatic N) is 1. The predicted molar refractivity (Wildman–Crippen MR) is 71.1 cm³/mol. The Morgan fingerprint density at radius 3 is 2.76 bits per heavy atom. The first-order valence-corrected chi connectivity index (χ1v) is 6.19. The fourth-order valence-electron chi connectivity index (χ4n) is 1.25. The molecule has 0 bridgehead atoms. The Balaban J connectivity index is 2.43. The second-order valence-electron chi connectivity index (χ2n) is 3.94. The monoisotopic (exact) mass is 277 g/mol. The molecule has 0 amide bonds. The largest absolute Gasteiger partial charge is 0.491 e. The van der Waals surface area contributed by atoms with Gasteiger partial charge in [-0.05, 0) is 26.1 Å². The lowest BCUT2D eigenvalue weighted by molar-refractivity contribution is 0.140. The maximum atomic E-state index is 8.98. The fraction of sp³-hybridized carbons (Fsp3) is 0.500. The van der Waals surface area contributed by atoms with E-state index in [1.807, 2.05) is 18.9 Å². The Morgan fingerprint density at radius 2 is 2.12 bits per heavy atom. The Kier molecular flexibility index (Phi) is 6.06. The van der Waals surface area contributed by atoms with E-state index in [0.29, 0.717) is 28.9 Å². The lowest BCUT2D eigenvalue weighted by Crippen LogP contribution is -2.35. The van der Waals surface area contributed by atoms with Crippen molar-refractivity contribution in [1.29, 1.82) is 0 Å². The topological polar surface area (TPSA) is 32.7 Å². The summed E-state index contributed by atoms with van der Waals surface area (Å²) in [5, 5.41) is 10.1. The smallest absolute Gasteiger partial charge is 0.139 e. The maximum absolute atomic E-state index is 8.98. The molecule has 3 nitrogen and oxygen atoms in total. The molecule has 0 fully saturated rings. The Hall–Kier alpha value is -0.480. The molecular weight excluding hydrogens is 261 g/mol. The minimum atomic E-state index is 0.119. The van der Waals surface area contributed by atoms with Crippen LogP contribution in [0.4, 0.5) is 0 Å². The van der Waals surface area contributed by atoms with E-state index in [-0.39, 0.29) is 12.6 Å². The van der Waals surface area contributed by atoms with E-state index in [9.17, 15) is 0 Å². The van der Waals surface area contributed by atoms with E-state index in [1.54, 1.807) is 18.2 Å². The molecule has 1 aromatic rings. The number of aliphatic hydroxyl groups excluding tert-OH is 1. The summed E-state index contributed by atoms with van der Waals surface area (Å²) in [7, 11) is 1.93. The molecule has 0 heterocycles. The zero-order valence-electron chi connectivity index (χ0n) is 9.99. The van der Waals surface area contributed by atoms with Crippen molar-refractivity contribution in [2.75, 3.05) is 26.8 Å². The van der Waals surface area contributed by atoms with Crippen LogP contribution in [0, 0.1) is 0 Å². The third-order valence-corrected chi connectivity index (χ3v) is 3.16. The van der Waals surface area contributed by atoms with Gasteiger partial charge in [-0.2, -0.15) is 0 Å². The molecule has 1 aromatic carbocycles. The summed E-state index contributed by atoms with van der Waals surface area (Å²) < 4.78 is 5.54. The van der Waals surface area contributed by atoms with E-state index < -0.39 is 0 Å². The van der Waals surface area contributed by atoms with Gasteiger partial charge in [0.05, 0.1) is 11.6 Å². The molecule has 0 saturated carbocycles. The summed E-state index contributed by atoms with van der Waals surface area (Å²) in [5.74, 6) is 0.587. The highest BCUT2D eigenvalue weighted by Crippen LogP contribution is 2.27. The average Bonchev–Trinajstić information content (AvgIpc) is 2.32. The number of rotatable bonds is 6. The molecule has 0 spiro atoms. The van der Waals surface area contributed by atoms with Crippen LogP contribution in [0.5, 0.6) is 5.75 Å². The summed E-state index contributed by atoms with van der Waals surface area (Å²) in [5.41, 5.74) is 0. The maximum Gasteiger partial charge on any atom is 0.139 e. The van der Waals surface area contributed by atoms with Gasteiger partial charge in [0.1, 0.15) is 12.4 Å². The molecule has 1 unspecified atom stereocenters. The number of ether oxygens (including phenoxy) is 1. The standard InChI is InChI=1S/C12H17Cl2NO2/c1-9(8-16)15(2)5-6-17-12-7-10(13)3-4-11(12)14/h3-4,7,9,16H,5-6,8H2,1-2H3. The molecule has 1 atom stereocenters. The summed E-state index contributed by atoms with van der Waals surface area (Å²) in [6.07, 6.45) is 0. The molecule has 0 aliphatic rings. The molecule has 1 N–H and O–H groups in total. The molecule has 5 heteroatoms. The second-order valence-corrected chi connectivity index (χ2v) is 4.78. The van der Waals surface area contributed by atoms with E-state index in [2.05, 4.69) is 0 Å². The van der Waals surface area contributed by atoms with Crippen molar-refractivity contribution in [2.24, 2.45) is 0 Å². The summed E-state index contributed by atoms with van der Waals surface area (Å²) in [6.45, 7) is 3.30. The molecule has 0 aliphatic carbocycles. The first-order chi connectivity index (χ1) is 8.04. The van der Waals surface area contributed by atoms with Gasteiger partial charge in [0.15, 0.2) is 0 Å². The van der Waals surface area contributed by atoms with Gasteiger partial charge in [0.25, 0.3) is 0 Å². The lowest BCUT2D eigenvalue weighted by atomic mass is 10.3. The Bertz CT molecular complexity index is 360. The van der Waals surface area contributed by atoms with Crippen LogP contribution in [0.1, 0.15) is 6.92 Å². The van der Waals surface area contributed by atoms with Gasteiger partial charge in [-0.25, -0.2) is 0 Å². The molecular formula is C12H17Cl2NO2. The van der Waals surface area contributed by atoms with Crippen molar-refractivity contribution in [1.82, 2.24) is 4.90 Å². The van der Waals surface area contributed by atoms with Gasteiger partial charge in [0.2, 0.25) is 0 Å². The Labute approximate surface area is 112 Å².